The molecule has 1 aliphatic rings. The first-order valence-electron chi connectivity index (χ1n) is 12.0. The molecule has 1 fully saturated rings. The van der Waals surface area contributed by atoms with Crippen LogP contribution < -0.4 is 10.6 Å². The standard InChI is InChI=1S/C24H45N5O3/c1-24(2,3)17-32-21-9-8-18(14-20(21)23(30)26-10-7-13-31-6)22-19(15-27-28-22)16-29(5)12-11-25-4/h15,18,20-21,25H,7-14,16-17H2,1-6H3,(H,26,30)(H,27,28). The Morgan fingerprint density at radius 1 is 1.31 bits per heavy atom. The van der Waals surface area contributed by atoms with Gasteiger partial charge in [-0.2, -0.15) is 5.10 Å². The largest absolute Gasteiger partial charge is 0.385 e. The number of nitrogens with one attached hydrogen (secondary N) is 3. The number of hydrogen-bond donors (Lipinski definition) is 3. The van der Waals surface area contributed by atoms with Gasteiger partial charge in [0.25, 0.3) is 0 Å². The van der Waals surface area contributed by atoms with E-state index in [1.165, 1.54) is 11.3 Å². The number of methoxy groups -OCH3 is 1. The summed E-state index contributed by atoms with van der Waals surface area (Å²) in [6.45, 7) is 11.2. The Hall–Kier alpha value is -1.48. The summed E-state index contributed by atoms with van der Waals surface area (Å²) in [5.74, 6) is 0.225. The summed E-state index contributed by atoms with van der Waals surface area (Å²) in [7, 11) is 5.78. The van der Waals surface area contributed by atoms with Crippen molar-refractivity contribution in [2.45, 2.75) is 65.0 Å². The van der Waals surface area contributed by atoms with E-state index in [2.05, 4.69) is 53.5 Å². The number of nitrogens with zero attached hydrogens (tertiary/aromatic N) is 2. The van der Waals surface area contributed by atoms with Crippen LogP contribution in [0, 0.1) is 11.3 Å². The van der Waals surface area contributed by atoms with Crippen molar-refractivity contribution in [1.29, 1.82) is 0 Å². The summed E-state index contributed by atoms with van der Waals surface area (Å²) in [5.41, 5.74) is 2.47. The Morgan fingerprint density at radius 2 is 2.09 bits per heavy atom. The number of ether oxygens (including phenoxy) is 2. The van der Waals surface area contributed by atoms with Crippen LogP contribution in [0.25, 0.3) is 0 Å². The molecule has 1 amide bonds. The van der Waals surface area contributed by atoms with Gasteiger partial charge in [-0.25, -0.2) is 0 Å². The maximum atomic E-state index is 13.1. The fourth-order valence-corrected chi connectivity index (χ4v) is 4.27. The molecule has 1 aliphatic carbocycles. The van der Waals surface area contributed by atoms with E-state index in [4.69, 9.17) is 9.47 Å². The van der Waals surface area contributed by atoms with Gasteiger partial charge < -0.3 is 25.0 Å². The topological polar surface area (TPSA) is 91.5 Å². The van der Waals surface area contributed by atoms with E-state index < -0.39 is 0 Å². The quantitative estimate of drug-likeness (QED) is 0.399. The highest BCUT2D eigenvalue weighted by Gasteiger charge is 2.38. The third kappa shape index (κ3) is 8.81. The molecule has 0 bridgehead atoms. The number of hydrogen-bond acceptors (Lipinski definition) is 6. The van der Waals surface area contributed by atoms with Crippen molar-refractivity contribution < 1.29 is 14.3 Å². The fraction of sp³-hybridized carbons (Fsp3) is 0.833. The second-order valence-corrected chi connectivity index (χ2v) is 10.3. The summed E-state index contributed by atoms with van der Waals surface area (Å²) >= 11 is 0. The average molecular weight is 452 g/mol. The summed E-state index contributed by atoms with van der Waals surface area (Å²) in [4.78, 5) is 15.4. The number of rotatable bonds is 13. The first-order valence-corrected chi connectivity index (χ1v) is 12.0. The zero-order chi connectivity index (χ0) is 23.6. The van der Waals surface area contributed by atoms with Crippen LogP contribution in [0.1, 0.15) is 63.6 Å². The van der Waals surface area contributed by atoms with Crippen LogP contribution >= 0.6 is 0 Å². The molecule has 0 radical (unpaired) electrons. The van der Waals surface area contributed by atoms with Gasteiger partial charge in [0.1, 0.15) is 0 Å². The minimum Gasteiger partial charge on any atom is -0.385 e. The van der Waals surface area contributed by atoms with Crippen molar-refractivity contribution in [3.8, 4) is 0 Å². The van der Waals surface area contributed by atoms with Gasteiger partial charge in [-0.1, -0.05) is 20.8 Å². The Morgan fingerprint density at radius 3 is 2.78 bits per heavy atom. The van der Waals surface area contributed by atoms with Crippen molar-refractivity contribution in [2.24, 2.45) is 11.3 Å². The predicted molar refractivity (Wildman–Crippen MR) is 128 cm³/mol. The molecule has 8 heteroatoms. The van der Waals surface area contributed by atoms with Crippen LogP contribution in [0.5, 0.6) is 0 Å². The average Bonchev–Trinajstić information content (AvgIpc) is 3.21. The van der Waals surface area contributed by atoms with Gasteiger partial charge in [0, 0.05) is 57.1 Å². The molecule has 1 saturated carbocycles. The number of likely N-dealkylation sites (N-methyl/N-ethyl adjacent to an activating group) is 2. The van der Waals surface area contributed by atoms with Crippen molar-refractivity contribution in [1.82, 2.24) is 25.7 Å². The molecular weight excluding hydrogens is 406 g/mol. The number of carbonyl (C=O) groups is 1. The zero-order valence-corrected chi connectivity index (χ0v) is 21.0. The zero-order valence-electron chi connectivity index (χ0n) is 21.0. The maximum Gasteiger partial charge on any atom is 0.225 e. The molecule has 0 spiro atoms. The minimum absolute atomic E-state index is 0.0439. The van der Waals surface area contributed by atoms with Crippen molar-refractivity contribution in [2.75, 3.05) is 54.1 Å². The Bertz CT molecular complexity index is 673. The van der Waals surface area contributed by atoms with Crippen LogP contribution in [-0.4, -0.2) is 81.2 Å². The third-order valence-corrected chi connectivity index (χ3v) is 6.02. The SMILES string of the molecule is CNCCN(C)Cc1cn[nH]c1C1CCC(OCC(C)(C)C)C(C(=O)NCCCOC)C1. The molecule has 8 nitrogen and oxygen atoms in total. The van der Waals surface area contributed by atoms with Gasteiger partial charge in [-0.3, -0.25) is 9.89 Å². The van der Waals surface area contributed by atoms with E-state index in [9.17, 15) is 4.79 Å². The number of aromatic nitrogens is 2. The lowest BCUT2D eigenvalue weighted by Crippen LogP contribution is -2.43. The molecule has 2 rings (SSSR count). The summed E-state index contributed by atoms with van der Waals surface area (Å²) < 4.78 is 11.4. The monoisotopic (exact) mass is 451 g/mol. The number of carbonyl (C=O) groups excluding carboxylic acids is 1. The maximum absolute atomic E-state index is 13.1. The minimum atomic E-state index is -0.156. The third-order valence-electron chi connectivity index (χ3n) is 6.02. The van der Waals surface area contributed by atoms with Crippen molar-refractivity contribution >= 4 is 5.91 Å². The Labute approximate surface area is 194 Å². The highest BCUT2D eigenvalue weighted by atomic mass is 16.5. The van der Waals surface area contributed by atoms with Gasteiger partial charge in [0.15, 0.2) is 0 Å². The molecule has 1 aromatic heterocycles. The lowest BCUT2D eigenvalue weighted by Gasteiger charge is -2.36. The summed E-state index contributed by atoms with van der Waals surface area (Å²) in [5, 5.41) is 13.9. The molecule has 32 heavy (non-hydrogen) atoms. The predicted octanol–water partition coefficient (Wildman–Crippen LogP) is 2.53. The van der Waals surface area contributed by atoms with Crippen molar-refractivity contribution in [3.63, 3.8) is 0 Å². The van der Waals surface area contributed by atoms with E-state index >= 15 is 0 Å². The van der Waals surface area contributed by atoms with E-state index in [1.807, 2.05) is 13.2 Å². The molecule has 184 valence electrons. The van der Waals surface area contributed by atoms with Crippen LogP contribution in [0.4, 0.5) is 0 Å². The summed E-state index contributed by atoms with van der Waals surface area (Å²) in [6.07, 6.45) is 5.36. The van der Waals surface area contributed by atoms with Gasteiger partial charge >= 0.3 is 0 Å². The van der Waals surface area contributed by atoms with E-state index in [-0.39, 0.29) is 29.3 Å². The van der Waals surface area contributed by atoms with Gasteiger partial charge in [0.05, 0.1) is 24.8 Å². The molecule has 1 heterocycles. The first kappa shape index (κ1) is 26.8. The molecule has 3 atom stereocenters. The Balaban J connectivity index is 2.07. The lowest BCUT2D eigenvalue weighted by atomic mass is 9.76. The van der Waals surface area contributed by atoms with Crippen molar-refractivity contribution in [3.05, 3.63) is 17.5 Å². The van der Waals surface area contributed by atoms with Crippen LogP contribution in [0.2, 0.25) is 0 Å². The highest BCUT2D eigenvalue weighted by Crippen LogP contribution is 2.39. The number of amides is 1. The van der Waals surface area contributed by atoms with Crippen LogP contribution in [0.3, 0.4) is 0 Å². The molecule has 0 aromatic carbocycles. The summed E-state index contributed by atoms with van der Waals surface area (Å²) in [6, 6.07) is 0. The van der Waals surface area contributed by atoms with Gasteiger partial charge in [0.2, 0.25) is 5.91 Å². The molecule has 0 saturated heterocycles. The van der Waals surface area contributed by atoms with E-state index in [0.29, 0.717) is 19.8 Å². The molecule has 3 unspecified atom stereocenters. The lowest BCUT2D eigenvalue weighted by molar-refractivity contribution is -0.134. The molecular formula is C24H45N5O3. The highest BCUT2D eigenvalue weighted by molar-refractivity contribution is 5.79. The molecule has 0 aliphatic heterocycles. The van der Waals surface area contributed by atoms with E-state index in [1.54, 1.807) is 7.11 Å². The van der Waals surface area contributed by atoms with Crippen LogP contribution in [0.15, 0.2) is 6.20 Å². The number of H-pyrrole nitrogens is 1. The second-order valence-electron chi connectivity index (χ2n) is 10.3. The molecule has 3 N–H and O–H groups in total. The van der Waals surface area contributed by atoms with Gasteiger partial charge in [-0.15, -0.1) is 0 Å². The smallest absolute Gasteiger partial charge is 0.225 e. The van der Waals surface area contributed by atoms with E-state index in [0.717, 1.165) is 45.3 Å². The normalized spacial score (nSPS) is 21.8. The number of aromatic amines is 1. The van der Waals surface area contributed by atoms with Crippen LogP contribution in [-0.2, 0) is 20.8 Å². The fourth-order valence-electron chi connectivity index (χ4n) is 4.27. The first-order chi connectivity index (χ1) is 15.2. The van der Waals surface area contributed by atoms with Gasteiger partial charge in [-0.05, 0) is 45.2 Å². The Kier molecular flexibility index (Phi) is 11.1. The molecule has 1 aromatic rings. The second kappa shape index (κ2) is 13.3.